The summed E-state index contributed by atoms with van der Waals surface area (Å²) in [5, 5.41) is 3.48. The number of benzene rings is 1. The Kier molecular flexibility index (Phi) is 6.22. The Morgan fingerprint density at radius 2 is 1.96 bits per heavy atom. The van der Waals surface area contributed by atoms with Gasteiger partial charge in [0.2, 0.25) is 0 Å². The number of rotatable bonds is 4. The van der Waals surface area contributed by atoms with Crippen molar-refractivity contribution >= 4 is 6.09 Å². The van der Waals surface area contributed by atoms with Gasteiger partial charge in [-0.15, -0.1) is 0 Å². The van der Waals surface area contributed by atoms with E-state index in [-0.39, 0.29) is 11.5 Å². The number of carbonyl (C=O) groups excluding carboxylic acids is 1. The standard InChI is InChI=1S/C23H35N3O2/c1-2-3-16-28-22(27)26-17-19-6-4-5-7-21(19)23(18-26)10-14-25(15-11-23)20-8-12-24-13-9-20/h4-7,20,24H,2-3,8-18H2,1H3. The van der Waals surface area contributed by atoms with E-state index in [1.807, 2.05) is 4.90 Å². The number of hydrogen-bond acceptors (Lipinski definition) is 4. The second kappa shape index (κ2) is 8.83. The summed E-state index contributed by atoms with van der Waals surface area (Å²) in [4.78, 5) is 17.4. The first kappa shape index (κ1) is 19.7. The molecule has 1 amide bonds. The zero-order valence-corrected chi connectivity index (χ0v) is 17.3. The van der Waals surface area contributed by atoms with Crippen LogP contribution in [0.2, 0.25) is 0 Å². The van der Waals surface area contributed by atoms with Crippen molar-refractivity contribution in [3.05, 3.63) is 35.4 Å². The largest absolute Gasteiger partial charge is 0.449 e. The van der Waals surface area contributed by atoms with E-state index in [0.29, 0.717) is 13.2 Å². The maximum absolute atomic E-state index is 12.7. The SMILES string of the molecule is CCCCOC(=O)N1Cc2ccccc2C2(CCN(C3CCNCC3)CC2)C1. The molecule has 4 rings (SSSR count). The molecule has 1 aromatic rings. The number of hydrogen-bond donors (Lipinski definition) is 1. The molecule has 3 aliphatic heterocycles. The highest BCUT2D eigenvalue weighted by Gasteiger charge is 2.44. The van der Waals surface area contributed by atoms with Crippen LogP contribution in [0.4, 0.5) is 4.79 Å². The third kappa shape index (κ3) is 4.06. The minimum atomic E-state index is -0.136. The fourth-order valence-electron chi connectivity index (χ4n) is 5.33. The minimum Gasteiger partial charge on any atom is -0.449 e. The van der Waals surface area contributed by atoms with Crippen LogP contribution in [0.25, 0.3) is 0 Å². The maximum atomic E-state index is 12.7. The van der Waals surface area contributed by atoms with Crippen molar-refractivity contribution in [3.8, 4) is 0 Å². The number of nitrogens with zero attached hydrogens (tertiary/aromatic N) is 2. The van der Waals surface area contributed by atoms with Crippen LogP contribution in [0.5, 0.6) is 0 Å². The predicted octanol–water partition coefficient (Wildman–Crippen LogP) is 3.52. The number of carbonyl (C=O) groups is 1. The fourth-order valence-corrected chi connectivity index (χ4v) is 5.33. The first-order chi connectivity index (χ1) is 13.7. The lowest BCUT2D eigenvalue weighted by molar-refractivity contribution is 0.0508. The number of likely N-dealkylation sites (tertiary alicyclic amines) is 1. The Morgan fingerprint density at radius 3 is 2.71 bits per heavy atom. The highest BCUT2D eigenvalue weighted by Crippen LogP contribution is 2.42. The van der Waals surface area contributed by atoms with Crippen LogP contribution in [-0.4, -0.2) is 61.3 Å². The fraction of sp³-hybridized carbons (Fsp3) is 0.696. The van der Waals surface area contributed by atoms with Gasteiger partial charge in [-0.05, 0) is 69.4 Å². The molecule has 3 heterocycles. The van der Waals surface area contributed by atoms with Crippen LogP contribution in [0, 0.1) is 0 Å². The lowest BCUT2D eigenvalue weighted by Gasteiger charge is -2.50. The number of piperidine rings is 2. The molecule has 0 atom stereocenters. The van der Waals surface area contributed by atoms with Gasteiger partial charge >= 0.3 is 6.09 Å². The predicted molar refractivity (Wildman–Crippen MR) is 111 cm³/mol. The molecule has 0 aromatic heterocycles. The molecule has 1 spiro atoms. The molecule has 154 valence electrons. The van der Waals surface area contributed by atoms with Crippen molar-refractivity contribution in [2.24, 2.45) is 0 Å². The molecule has 1 aromatic carbocycles. The maximum Gasteiger partial charge on any atom is 0.410 e. The third-order valence-corrected chi connectivity index (χ3v) is 7.01. The Bertz CT molecular complexity index is 664. The normalized spacial score (nSPS) is 22.8. The van der Waals surface area contributed by atoms with Gasteiger partial charge in [0.25, 0.3) is 0 Å². The summed E-state index contributed by atoms with van der Waals surface area (Å²) in [6, 6.07) is 9.49. The van der Waals surface area contributed by atoms with E-state index in [1.54, 1.807) is 0 Å². The summed E-state index contributed by atoms with van der Waals surface area (Å²) in [5.41, 5.74) is 2.86. The van der Waals surface area contributed by atoms with E-state index in [4.69, 9.17) is 4.74 Å². The molecule has 0 aliphatic carbocycles. The lowest BCUT2D eigenvalue weighted by atomic mass is 9.68. The smallest absolute Gasteiger partial charge is 0.410 e. The van der Waals surface area contributed by atoms with Crippen LogP contribution < -0.4 is 5.32 Å². The molecule has 1 N–H and O–H groups in total. The summed E-state index contributed by atoms with van der Waals surface area (Å²) >= 11 is 0. The van der Waals surface area contributed by atoms with Crippen molar-refractivity contribution < 1.29 is 9.53 Å². The Morgan fingerprint density at radius 1 is 1.21 bits per heavy atom. The van der Waals surface area contributed by atoms with Gasteiger partial charge in [-0.3, -0.25) is 0 Å². The van der Waals surface area contributed by atoms with Crippen molar-refractivity contribution in [1.29, 1.82) is 0 Å². The van der Waals surface area contributed by atoms with Crippen molar-refractivity contribution in [1.82, 2.24) is 15.1 Å². The zero-order valence-electron chi connectivity index (χ0n) is 17.3. The van der Waals surface area contributed by atoms with Crippen LogP contribution in [0.3, 0.4) is 0 Å². The van der Waals surface area contributed by atoms with Crippen LogP contribution in [0.1, 0.15) is 56.6 Å². The van der Waals surface area contributed by atoms with Gasteiger partial charge in [-0.25, -0.2) is 4.79 Å². The van der Waals surface area contributed by atoms with Crippen molar-refractivity contribution in [2.45, 2.75) is 63.5 Å². The Hall–Kier alpha value is -1.59. The van der Waals surface area contributed by atoms with E-state index in [2.05, 4.69) is 41.4 Å². The average Bonchev–Trinajstić information content (AvgIpc) is 2.75. The van der Waals surface area contributed by atoms with Gasteiger partial charge in [-0.1, -0.05) is 37.6 Å². The number of nitrogens with one attached hydrogen (secondary N) is 1. The zero-order chi connectivity index (χ0) is 19.4. The van der Waals surface area contributed by atoms with E-state index in [0.717, 1.165) is 64.4 Å². The Balaban J connectivity index is 1.48. The second-order valence-electron chi connectivity index (χ2n) is 8.78. The molecule has 2 saturated heterocycles. The molecule has 0 radical (unpaired) electrons. The van der Waals surface area contributed by atoms with E-state index >= 15 is 0 Å². The topological polar surface area (TPSA) is 44.8 Å². The molecule has 0 saturated carbocycles. The number of fused-ring (bicyclic) bond motifs is 2. The molecule has 2 fully saturated rings. The van der Waals surface area contributed by atoms with E-state index in [9.17, 15) is 4.79 Å². The highest BCUT2D eigenvalue weighted by atomic mass is 16.6. The summed E-state index contributed by atoms with van der Waals surface area (Å²) in [7, 11) is 0. The molecule has 5 nitrogen and oxygen atoms in total. The van der Waals surface area contributed by atoms with Gasteiger partial charge in [-0.2, -0.15) is 0 Å². The van der Waals surface area contributed by atoms with Gasteiger partial charge in [0, 0.05) is 24.5 Å². The summed E-state index contributed by atoms with van der Waals surface area (Å²) in [6.45, 7) is 8.70. The quantitative estimate of drug-likeness (QED) is 0.806. The van der Waals surface area contributed by atoms with Crippen LogP contribution in [-0.2, 0) is 16.7 Å². The van der Waals surface area contributed by atoms with Crippen LogP contribution in [0.15, 0.2) is 24.3 Å². The molecular formula is C23H35N3O2. The van der Waals surface area contributed by atoms with Gasteiger partial charge < -0.3 is 19.9 Å². The van der Waals surface area contributed by atoms with Crippen molar-refractivity contribution in [3.63, 3.8) is 0 Å². The van der Waals surface area contributed by atoms with E-state index in [1.165, 1.54) is 24.0 Å². The molecule has 3 aliphatic rings. The van der Waals surface area contributed by atoms with E-state index < -0.39 is 0 Å². The van der Waals surface area contributed by atoms with Crippen molar-refractivity contribution in [2.75, 3.05) is 39.3 Å². The van der Waals surface area contributed by atoms with Gasteiger partial charge in [0.05, 0.1) is 6.61 Å². The molecule has 0 bridgehead atoms. The van der Waals surface area contributed by atoms with Crippen LogP contribution >= 0.6 is 0 Å². The molecule has 0 unspecified atom stereocenters. The van der Waals surface area contributed by atoms with Gasteiger partial charge in [0.15, 0.2) is 0 Å². The molecular weight excluding hydrogens is 350 g/mol. The third-order valence-electron chi connectivity index (χ3n) is 7.01. The highest BCUT2D eigenvalue weighted by molar-refractivity contribution is 5.68. The summed E-state index contributed by atoms with van der Waals surface area (Å²) < 4.78 is 5.56. The molecule has 5 heteroatoms. The lowest BCUT2D eigenvalue weighted by Crippen LogP contribution is -2.55. The average molecular weight is 386 g/mol. The minimum absolute atomic E-state index is 0.0854. The summed E-state index contributed by atoms with van der Waals surface area (Å²) in [6.07, 6.45) is 6.64. The Labute approximate surface area is 169 Å². The van der Waals surface area contributed by atoms with Gasteiger partial charge in [0.1, 0.15) is 0 Å². The summed E-state index contributed by atoms with van der Waals surface area (Å²) in [5.74, 6) is 0. The molecule has 28 heavy (non-hydrogen) atoms. The first-order valence-electron chi connectivity index (χ1n) is 11.2. The number of unbranched alkanes of at least 4 members (excludes halogenated alkanes) is 1. The number of ether oxygens (including phenoxy) is 1. The second-order valence-corrected chi connectivity index (χ2v) is 8.78. The first-order valence-corrected chi connectivity index (χ1v) is 11.2. The number of amides is 1. The monoisotopic (exact) mass is 385 g/mol.